The third kappa shape index (κ3) is 2.12. The highest BCUT2D eigenvalue weighted by atomic mass is 19.1. The topological polar surface area (TPSA) is 69.6 Å². The molecule has 2 aromatic carbocycles. The maximum Gasteiger partial charge on any atom is 0.187 e. The first-order valence-corrected chi connectivity index (χ1v) is 6.18. The molecule has 1 aromatic heterocycles. The second kappa shape index (κ2) is 4.93. The molecule has 0 aliphatic heterocycles. The van der Waals surface area contributed by atoms with E-state index in [2.05, 4.69) is 15.5 Å². The Bertz CT molecular complexity index is 793. The van der Waals surface area contributed by atoms with Gasteiger partial charge in [0.2, 0.25) is 0 Å². The van der Waals surface area contributed by atoms with Gasteiger partial charge in [0.15, 0.2) is 17.5 Å². The lowest BCUT2D eigenvalue weighted by Gasteiger charge is -2.10. The number of halogens is 2. The van der Waals surface area contributed by atoms with Gasteiger partial charge < -0.3 is 5.73 Å². The lowest BCUT2D eigenvalue weighted by Crippen LogP contribution is -2.06. The summed E-state index contributed by atoms with van der Waals surface area (Å²) in [6.07, 6.45) is 0. The number of tetrazole rings is 1. The van der Waals surface area contributed by atoms with Crippen LogP contribution in [0.25, 0.3) is 17.1 Å². The first-order valence-electron chi connectivity index (χ1n) is 6.18. The van der Waals surface area contributed by atoms with E-state index in [0.717, 1.165) is 22.4 Å². The van der Waals surface area contributed by atoms with E-state index in [1.54, 1.807) is 25.1 Å². The molecule has 0 aliphatic rings. The molecule has 21 heavy (non-hydrogen) atoms. The molecule has 0 aliphatic carbocycles. The fourth-order valence-corrected chi connectivity index (χ4v) is 2.09. The van der Waals surface area contributed by atoms with Gasteiger partial charge in [0.1, 0.15) is 5.69 Å². The Hall–Kier alpha value is -2.83. The smallest absolute Gasteiger partial charge is 0.187 e. The summed E-state index contributed by atoms with van der Waals surface area (Å²) in [4.78, 5) is 0. The molecular weight excluding hydrogens is 276 g/mol. The van der Waals surface area contributed by atoms with Crippen LogP contribution in [-0.4, -0.2) is 20.2 Å². The van der Waals surface area contributed by atoms with Gasteiger partial charge in [0.25, 0.3) is 0 Å². The summed E-state index contributed by atoms with van der Waals surface area (Å²) in [5.41, 5.74) is 7.44. The number of nitrogen functional groups attached to an aromatic ring is 1. The Labute approximate surface area is 119 Å². The fourth-order valence-electron chi connectivity index (χ4n) is 2.09. The van der Waals surface area contributed by atoms with Crippen LogP contribution in [0.5, 0.6) is 0 Å². The summed E-state index contributed by atoms with van der Waals surface area (Å²) in [5, 5.41) is 11.1. The minimum absolute atomic E-state index is 0.226. The summed E-state index contributed by atoms with van der Waals surface area (Å²) in [7, 11) is 0. The predicted molar refractivity (Wildman–Crippen MR) is 73.7 cm³/mol. The molecule has 3 rings (SSSR count). The molecule has 5 nitrogen and oxygen atoms in total. The van der Waals surface area contributed by atoms with Crippen LogP contribution in [0.3, 0.4) is 0 Å². The fraction of sp³-hybridized carbons (Fsp3) is 0.0714. The Kier molecular flexibility index (Phi) is 3.09. The van der Waals surface area contributed by atoms with E-state index < -0.39 is 11.6 Å². The minimum atomic E-state index is -0.745. The van der Waals surface area contributed by atoms with Gasteiger partial charge in [-0.15, -0.1) is 5.10 Å². The molecule has 0 bridgehead atoms. The average molecular weight is 287 g/mol. The summed E-state index contributed by atoms with van der Waals surface area (Å²) in [6.45, 7) is 1.79. The summed E-state index contributed by atoms with van der Waals surface area (Å²) >= 11 is 0. The summed E-state index contributed by atoms with van der Waals surface area (Å²) in [6, 6.07) is 8.79. The van der Waals surface area contributed by atoms with Crippen LogP contribution < -0.4 is 5.73 Å². The highest BCUT2D eigenvalue weighted by molar-refractivity contribution is 5.68. The number of benzene rings is 2. The van der Waals surface area contributed by atoms with Crippen LogP contribution in [-0.2, 0) is 0 Å². The van der Waals surface area contributed by atoms with Gasteiger partial charge in [-0.2, -0.15) is 4.68 Å². The van der Waals surface area contributed by atoms with Gasteiger partial charge in [-0.05, 0) is 41.1 Å². The van der Waals surface area contributed by atoms with Crippen molar-refractivity contribution in [1.29, 1.82) is 0 Å². The number of nitrogens with two attached hydrogens (primary N) is 1. The zero-order chi connectivity index (χ0) is 15.0. The van der Waals surface area contributed by atoms with Crippen molar-refractivity contribution in [2.75, 3.05) is 5.73 Å². The molecule has 0 unspecified atom stereocenters. The Morgan fingerprint density at radius 3 is 2.43 bits per heavy atom. The predicted octanol–water partition coefficient (Wildman–Crippen LogP) is 2.50. The van der Waals surface area contributed by atoms with E-state index in [1.165, 1.54) is 6.07 Å². The standard InChI is InChI=1S/C14H11F2N5/c1-8-9(4-2-7-12(8)17)14-18-19-20-21(14)13-10(15)5-3-6-11(13)16/h2-7H,17H2,1H3. The van der Waals surface area contributed by atoms with Crippen LogP contribution in [0.1, 0.15) is 5.56 Å². The van der Waals surface area contributed by atoms with Gasteiger partial charge in [0, 0.05) is 11.3 Å². The number of hydrogen-bond donors (Lipinski definition) is 1. The number of hydrogen-bond acceptors (Lipinski definition) is 4. The Morgan fingerprint density at radius 2 is 1.71 bits per heavy atom. The quantitative estimate of drug-likeness (QED) is 0.735. The molecule has 106 valence electrons. The molecular formula is C14H11F2N5. The van der Waals surface area contributed by atoms with Gasteiger partial charge in [-0.1, -0.05) is 18.2 Å². The van der Waals surface area contributed by atoms with Crippen LogP contribution in [0, 0.1) is 18.6 Å². The molecule has 7 heteroatoms. The second-order valence-corrected chi connectivity index (χ2v) is 4.50. The maximum atomic E-state index is 13.9. The van der Waals surface area contributed by atoms with Crippen molar-refractivity contribution < 1.29 is 8.78 Å². The molecule has 3 aromatic rings. The number of anilines is 1. The molecule has 0 fully saturated rings. The Morgan fingerprint density at radius 1 is 1.05 bits per heavy atom. The molecule has 0 saturated heterocycles. The van der Waals surface area contributed by atoms with Crippen molar-refractivity contribution in [3.8, 4) is 17.1 Å². The van der Waals surface area contributed by atoms with Crippen molar-refractivity contribution in [1.82, 2.24) is 20.2 Å². The molecule has 1 heterocycles. The number of para-hydroxylation sites is 1. The minimum Gasteiger partial charge on any atom is -0.398 e. The van der Waals surface area contributed by atoms with E-state index in [1.807, 2.05) is 0 Å². The highest BCUT2D eigenvalue weighted by Crippen LogP contribution is 2.27. The van der Waals surface area contributed by atoms with E-state index in [0.29, 0.717) is 11.3 Å². The normalized spacial score (nSPS) is 10.8. The van der Waals surface area contributed by atoms with E-state index in [-0.39, 0.29) is 11.5 Å². The third-order valence-electron chi connectivity index (χ3n) is 3.24. The number of nitrogens with zero attached hydrogens (tertiary/aromatic N) is 4. The molecule has 0 amide bonds. The number of rotatable bonds is 2. The lowest BCUT2D eigenvalue weighted by molar-refractivity contribution is 0.557. The SMILES string of the molecule is Cc1c(N)cccc1-c1nnnn1-c1c(F)cccc1F. The number of aromatic nitrogens is 4. The van der Waals surface area contributed by atoms with Gasteiger partial charge in [-0.3, -0.25) is 0 Å². The molecule has 0 atom stereocenters. The zero-order valence-electron chi connectivity index (χ0n) is 11.1. The third-order valence-corrected chi connectivity index (χ3v) is 3.24. The highest BCUT2D eigenvalue weighted by Gasteiger charge is 2.19. The van der Waals surface area contributed by atoms with E-state index in [4.69, 9.17) is 5.73 Å². The van der Waals surface area contributed by atoms with Crippen molar-refractivity contribution in [3.05, 3.63) is 53.6 Å². The molecule has 0 spiro atoms. The van der Waals surface area contributed by atoms with Gasteiger partial charge in [0.05, 0.1) is 0 Å². The first kappa shape index (κ1) is 13.2. The summed E-state index contributed by atoms with van der Waals surface area (Å²) < 4.78 is 28.9. The molecule has 0 radical (unpaired) electrons. The second-order valence-electron chi connectivity index (χ2n) is 4.50. The van der Waals surface area contributed by atoms with Crippen molar-refractivity contribution >= 4 is 5.69 Å². The maximum absolute atomic E-state index is 13.9. The zero-order valence-corrected chi connectivity index (χ0v) is 11.1. The van der Waals surface area contributed by atoms with Gasteiger partial charge >= 0.3 is 0 Å². The van der Waals surface area contributed by atoms with Crippen molar-refractivity contribution in [2.45, 2.75) is 6.92 Å². The lowest BCUT2D eigenvalue weighted by atomic mass is 10.1. The average Bonchev–Trinajstić information content (AvgIpc) is 2.91. The van der Waals surface area contributed by atoms with Crippen LogP contribution in [0.15, 0.2) is 36.4 Å². The first-order chi connectivity index (χ1) is 10.1. The monoisotopic (exact) mass is 287 g/mol. The van der Waals surface area contributed by atoms with E-state index >= 15 is 0 Å². The molecule has 0 saturated carbocycles. The van der Waals surface area contributed by atoms with Crippen molar-refractivity contribution in [3.63, 3.8) is 0 Å². The molecule has 2 N–H and O–H groups in total. The van der Waals surface area contributed by atoms with Crippen LogP contribution in [0.2, 0.25) is 0 Å². The van der Waals surface area contributed by atoms with Crippen LogP contribution >= 0.6 is 0 Å². The van der Waals surface area contributed by atoms with E-state index in [9.17, 15) is 8.78 Å². The van der Waals surface area contributed by atoms with Gasteiger partial charge in [-0.25, -0.2) is 8.78 Å². The summed E-state index contributed by atoms with van der Waals surface area (Å²) in [5.74, 6) is -1.26. The Balaban J connectivity index is 2.25. The largest absolute Gasteiger partial charge is 0.398 e. The van der Waals surface area contributed by atoms with Crippen molar-refractivity contribution in [2.24, 2.45) is 0 Å². The van der Waals surface area contributed by atoms with Crippen LogP contribution in [0.4, 0.5) is 14.5 Å².